The van der Waals surface area contributed by atoms with Crippen LogP contribution in [0.5, 0.6) is 0 Å². The minimum atomic E-state index is -3.67. The van der Waals surface area contributed by atoms with Crippen LogP contribution >= 0.6 is 0 Å². The molecule has 1 aromatic rings. The molecule has 6 nitrogen and oxygen atoms in total. The van der Waals surface area contributed by atoms with E-state index in [-0.39, 0.29) is 5.03 Å². The van der Waals surface area contributed by atoms with Crippen molar-refractivity contribution in [3.05, 3.63) is 12.3 Å². The van der Waals surface area contributed by atoms with Crippen molar-refractivity contribution in [1.82, 2.24) is 14.7 Å². The molecule has 7 heteroatoms. The lowest BCUT2D eigenvalue weighted by Crippen LogP contribution is -2.19. The summed E-state index contributed by atoms with van der Waals surface area (Å²) in [6.45, 7) is 1.44. The van der Waals surface area contributed by atoms with Crippen LogP contribution in [-0.4, -0.2) is 43.7 Å². The van der Waals surface area contributed by atoms with Gasteiger partial charge in [0.15, 0.2) is 5.03 Å². The fourth-order valence-corrected chi connectivity index (χ4v) is 1.39. The van der Waals surface area contributed by atoms with Gasteiger partial charge in [-0.15, -0.1) is 0 Å². The Bertz CT molecular complexity index is 396. The number of likely N-dealkylation sites (N-methyl/N-ethyl adjacent to an activating group) is 1. The molecule has 0 unspecified atom stereocenters. The lowest BCUT2D eigenvalue weighted by atomic mass is 10.6. The van der Waals surface area contributed by atoms with Gasteiger partial charge in [0.2, 0.25) is 0 Å². The molecule has 0 spiro atoms. The highest BCUT2D eigenvalue weighted by Gasteiger charge is 2.10. The van der Waals surface area contributed by atoms with Crippen molar-refractivity contribution in [2.24, 2.45) is 5.14 Å². The smallest absolute Gasteiger partial charge is 0.257 e. The van der Waals surface area contributed by atoms with Crippen molar-refractivity contribution >= 4 is 10.0 Å². The molecule has 1 rings (SSSR count). The first-order chi connectivity index (χ1) is 6.39. The second kappa shape index (κ2) is 4.07. The summed E-state index contributed by atoms with van der Waals surface area (Å²) in [4.78, 5) is 1.98. The normalized spacial score (nSPS) is 12.3. The van der Waals surface area contributed by atoms with Gasteiger partial charge in [0.1, 0.15) is 0 Å². The van der Waals surface area contributed by atoms with Crippen molar-refractivity contribution in [2.45, 2.75) is 11.6 Å². The van der Waals surface area contributed by atoms with Crippen molar-refractivity contribution in [2.75, 3.05) is 20.6 Å². The van der Waals surface area contributed by atoms with Crippen LogP contribution in [0.25, 0.3) is 0 Å². The highest BCUT2D eigenvalue weighted by molar-refractivity contribution is 7.89. The van der Waals surface area contributed by atoms with Gasteiger partial charge < -0.3 is 4.90 Å². The molecule has 0 aromatic carbocycles. The van der Waals surface area contributed by atoms with Crippen molar-refractivity contribution in [1.29, 1.82) is 0 Å². The monoisotopic (exact) mass is 218 g/mol. The van der Waals surface area contributed by atoms with Gasteiger partial charge in [-0.1, -0.05) is 0 Å². The maximum Gasteiger partial charge on any atom is 0.257 e. The van der Waals surface area contributed by atoms with Gasteiger partial charge in [-0.2, -0.15) is 5.10 Å². The first-order valence-corrected chi connectivity index (χ1v) is 5.65. The SMILES string of the molecule is CN(C)CCn1ccc(S(N)(=O)=O)n1. The quantitative estimate of drug-likeness (QED) is 0.709. The number of rotatable bonds is 4. The standard InChI is InChI=1S/C7H14N4O2S/c1-10(2)5-6-11-4-3-7(9-11)14(8,12)13/h3-4H,5-6H2,1-2H3,(H2,8,12,13). The molecule has 0 saturated carbocycles. The molecule has 14 heavy (non-hydrogen) atoms. The molecule has 1 heterocycles. The average molecular weight is 218 g/mol. The zero-order chi connectivity index (χ0) is 10.8. The van der Waals surface area contributed by atoms with Crippen LogP contribution in [0.15, 0.2) is 17.3 Å². The van der Waals surface area contributed by atoms with E-state index in [1.165, 1.54) is 6.07 Å². The molecule has 0 saturated heterocycles. The summed E-state index contributed by atoms with van der Waals surface area (Å²) in [5.41, 5.74) is 0. The molecule has 0 radical (unpaired) electrons. The van der Waals surface area contributed by atoms with Crippen LogP contribution < -0.4 is 5.14 Å². The highest BCUT2D eigenvalue weighted by atomic mass is 32.2. The summed E-state index contributed by atoms with van der Waals surface area (Å²) in [5.74, 6) is 0. The number of primary sulfonamides is 1. The zero-order valence-electron chi connectivity index (χ0n) is 8.21. The van der Waals surface area contributed by atoms with Gasteiger partial charge in [-0.3, -0.25) is 4.68 Å². The Morgan fingerprint density at radius 1 is 1.57 bits per heavy atom. The van der Waals surface area contributed by atoms with E-state index >= 15 is 0 Å². The summed E-state index contributed by atoms with van der Waals surface area (Å²) >= 11 is 0. The maximum absolute atomic E-state index is 10.9. The van der Waals surface area contributed by atoms with Gasteiger partial charge in [-0.05, 0) is 20.2 Å². The molecule has 0 aliphatic rings. The third-order valence-electron chi connectivity index (χ3n) is 1.68. The number of hydrogen-bond acceptors (Lipinski definition) is 4. The Balaban J connectivity index is 2.70. The predicted octanol–water partition coefficient (Wildman–Crippen LogP) is -0.908. The van der Waals surface area contributed by atoms with Gasteiger partial charge in [0.05, 0.1) is 6.54 Å². The summed E-state index contributed by atoms with van der Waals surface area (Å²) in [7, 11) is 0.203. The largest absolute Gasteiger partial charge is 0.308 e. The fourth-order valence-electron chi connectivity index (χ4n) is 0.922. The number of sulfonamides is 1. The minimum Gasteiger partial charge on any atom is -0.308 e. The summed E-state index contributed by atoms with van der Waals surface area (Å²) in [5, 5.41) is 8.66. The van der Waals surface area contributed by atoms with Gasteiger partial charge >= 0.3 is 0 Å². The third-order valence-corrected chi connectivity index (χ3v) is 2.48. The van der Waals surface area contributed by atoms with Crippen LogP contribution in [0.2, 0.25) is 0 Å². The van der Waals surface area contributed by atoms with Crippen molar-refractivity contribution < 1.29 is 8.42 Å². The molecule has 0 aliphatic heterocycles. The second-order valence-corrected chi connectivity index (χ2v) is 4.77. The molecule has 2 N–H and O–H groups in total. The molecule has 1 aromatic heterocycles. The number of nitrogens with zero attached hydrogens (tertiary/aromatic N) is 3. The summed E-state index contributed by atoms with van der Waals surface area (Å²) in [6.07, 6.45) is 1.60. The summed E-state index contributed by atoms with van der Waals surface area (Å²) in [6, 6.07) is 1.39. The van der Waals surface area contributed by atoms with E-state index in [2.05, 4.69) is 5.10 Å². The van der Waals surface area contributed by atoms with E-state index in [9.17, 15) is 8.42 Å². The fraction of sp³-hybridized carbons (Fsp3) is 0.571. The van der Waals surface area contributed by atoms with Crippen LogP contribution in [0.3, 0.4) is 0 Å². The molecule has 0 aliphatic carbocycles. The van der Waals surface area contributed by atoms with E-state index in [0.29, 0.717) is 6.54 Å². The minimum absolute atomic E-state index is 0.0868. The van der Waals surface area contributed by atoms with Crippen LogP contribution in [0, 0.1) is 0 Å². The van der Waals surface area contributed by atoms with E-state index in [1.54, 1.807) is 10.9 Å². The predicted molar refractivity (Wildman–Crippen MR) is 52.2 cm³/mol. The molecule has 80 valence electrons. The van der Waals surface area contributed by atoms with Crippen LogP contribution in [0.1, 0.15) is 0 Å². The van der Waals surface area contributed by atoms with Crippen LogP contribution in [0.4, 0.5) is 0 Å². The highest BCUT2D eigenvalue weighted by Crippen LogP contribution is 2.01. The number of hydrogen-bond donors (Lipinski definition) is 1. The van der Waals surface area contributed by atoms with E-state index in [1.807, 2.05) is 19.0 Å². The third kappa shape index (κ3) is 3.09. The lowest BCUT2D eigenvalue weighted by Gasteiger charge is -2.08. The lowest BCUT2D eigenvalue weighted by molar-refractivity contribution is 0.371. The van der Waals surface area contributed by atoms with Gasteiger partial charge in [0, 0.05) is 12.7 Å². The van der Waals surface area contributed by atoms with Gasteiger partial charge in [0.25, 0.3) is 10.0 Å². The number of nitrogens with two attached hydrogens (primary N) is 1. The van der Waals surface area contributed by atoms with E-state index in [0.717, 1.165) is 6.54 Å². The second-order valence-electron chi connectivity index (χ2n) is 3.27. The zero-order valence-corrected chi connectivity index (χ0v) is 9.03. The van der Waals surface area contributed by atoms with E-state index < -0.39 is 10.0 Å². The molecule has 0 bridgehead atoms. The van der Waals surface area contributed by atoms with Crippen molar-refractivity contribution in [3.8, 4) is 0 Å². The number of aromatic nitrogens is 2. The maximum atomic E-state index is 10.9. The topological polar surface area (TPSA) is 81.2 Å². The molecular weight excluding hydrogens is 204 g/mol. The first-order valence-electron chi connectivity index (χ1n) is 4.10. The molecule has 0 fully saturated rings. The molecule has 0 atom stereocenters. The Morgan fingerprint density at radius 3 is 2.64 bits per heavy atom. The summed E-state index contributed by atoms with van der Waals surface area (Å²) < 4.78 is 23.3. The Morgan fingerprint density at radius 2 is 2.21 bits per heavy atom. The molecule has 0 amide bonds. The first kappa shape index (κ1) is 11.2. The Hall–Kier alpha value is -0.920. The van der Waals surface area contributed by atoms with Gasteiger partial charge in [-0.25, -0.2) is 13.6 Å². The Labute approximate surface area is 83.4 Å². The van der Waals surface area contributed by atoms with Crippen molar-refractivity contribution in [3.63, 3.8) is 0 Å². The molecular formula is C7H14N4O2S. The average Bonchev–Trinajstić information content (AvgIpc) is 2.47. The Kier molecular flexibility index (Phi) is 3.25. The van der Waals surface area contributed by atoms with E-state index in [4.69, 9.17) is 5.14 Å². The van der Waals surface area contributed by atoms with Crippen LogP contribution in [-0.2, 0) is 16.6 Å².